The first-order valence-electron chi connectivity index (χ1n) is 31.5. The average molecular weight is 1360 g/mol. The molecule has 5 amide bonds. The second kappa shape index (κ2) is 46.5. The number of carbonyl (C=O) groups excluding carboxylic acids is 8. The van der Waals surface area contributed by atoms with Crippen molar-refractivity contribution >= 4 is 68.5 Å². The van der Waals surface area contributed by atoms with Crippen molar-refractivity contribution in [2.24, 2.45) is 5.92 Å². The molecular formula is C59H103N5O26S2. The van der Waals surface area contributed by atoms with Crippen LogP contribution < -0.4 is 26.6 Å². The summed E-state index contributed by atoms with van der Waals surface area (Å²) >= 11 is 0. The molecule has 92 heavy (non-hydrogen) atoms. The Morgan fingerprint density at radius 2 is 0.848 bits per heavy atom. The molecule has 3 saturated heterocycles. The summed E-state index contributed by atoms with van der Waals surface area (Å²) in [6.07, 6.45) is -11.8. The third-order valence-electron chi connectivity index (χ3n) is 15.0. The van der Waals surface area contributed by atoms with E-state index in [1.807, 2.05) is 0 Å². The molecule has 0 aromatic carbocycles. The van der Waals surface area contributed by atoms with Crippen LogP contribution in [0.25, 0.3) is 0 Å². The fraction of sp³-hybridized carbons (Fsp3) is 0.864. The zero-order chi connectivity index (χ0) is 68.0. The Morgan fingerprint density at radius 3 is 1.32 bits per heavy atom. The molecule has 3 fully saturated rings. The summed E-state index contributed by atoms with van der Waals surface area (Å²) < 4.78 is 58.0. The highest BCUT2D eigenvalue weighted by Crippen LogP contribution is 2.28. The van der Waals surface area contributed by atoms with Crippen molar-refractivity contribution in [1.82, 2.24) is 26.6 Å². The zero-order valence-corrected chi connectivity index (χ0v) is 55.2. The number of rotatable bonds is 50. The van der Waals surface area contributed by atoms with Crippen molar-refractivity contribution in [2.45, 2.75) is 209 Å². The third kappa shape index (κ3) is 31.5. The predicted octanol–water partition coefficient (Wildman–Crippen LogP) is -2.64. The molecule has 31 nitrogen and oxygen atoms in total. The fourth-order valence-corrected chi connectivity index (χ4v) is 12.0. The molecule has 13 N–H and O–H groups in total. The number of hydrogen-bond donors (Lipinski definition) is 13. The van der Waals surface area contributed by atoms with Gasteiger partial charge in [0.25, 0.3) is 0 Å². The molecular weight excluding hydrogens is 1260 g/mol. The standard InChI is InChI=1S/C59H103N5O26S2/c1-6-28-91-92-29-27-81-22-15-40(71)11-7-8-14-47(75)64-59(33-82-23-16-41(72)12-9-20-85-56-48(61-37(3)68)36(2)51(76)43(30-65)88-56,34-83-24-17-42(73)13-10-21-86-57-49(62-38(4)69)54(79)52(77)44(31-66)89-57)35-84-25-18-46(74)60-19-26-87-58-50(63-39(5)70)55(80)53(78)45(32-67)90-58/h36,43-45,48-58,65-67,76-80H,6-35H2,1-5H3,(H,60,74)(H,61,68)(H,62,69)(H,63,70)(H,64,75). The van der Waals surface area contributed by atoms with Crippen LogP contribution in [0.2, 0.25) is 0 Å². The Bertz CT molecular complexity index is 1990. The number of ether oxygens (including phenoxy) is 10. The van der Waals surface area contributed by atoms with Crippen LogP contribution in [-0.4, -0.2) is 290 Å². The van der Waals surface area contributed by atoms with Crippen molar-refractivity contribution in [3.63, 3.8) is 0 Å². The van der Waals surface area contributed by atoms with Gasteiger partial charge in [0.1, 0.15) is 77.7 Å². The number of unbranched alkanes of at least 4 members (excludes halogenated alkanes) is 1. The van der Waals surface area contributed by atoms with Crippen molar-refractivity contribution in [3.8, 4) is 0 Å². The van der Waals surface area contributed by atoms with Crippen LogP contribution in [-0.2, 0) is 85.7 Å². The smallest absolute Gasteiger partial charge is 0.222 e. The highest BCUT2D eigenvalue weighted by atomic mass is 33.1. The minimum atomic E-state index is -1.54. The monoisotopic (exact) mass is 1360 g/mol. The Balaban J connectivity index is 1.70. The number of aliphatic hydroxyl groups is 8. The molecule has 3 rings (SSSR count). The van der Waals surface area contributed by atoms with Crippen molar-refractivity contribution in [3.05, 3.63) is 0 Å². The normalized spacial score (nSPS) is 27.1. The van der Waals surface area contributed by atoms with Crippen molar-refractivity contribution < 1.29 is 127 Å². The molecule has 0 aromatic rings. The van der Waals surface area contributed by atoms with Gasteiger partial charge in [-0.2, -0.15) is 0 Å². The van der Waals surface area contributed by atoms with Crippen molar-refractivity contribution in [1.29, 1.82) is 0 Å². The van der Waals surface area contributed by atoms with E-state index in [1.165, 1.54) is 20.8 Å². The number of nitrogens with one attached hydrogen (secondary N) is 5. The van der Waals surface area contributed by atoms with Crippen LogP contribution in [0.1, 0.15) is 118 Å². The molecule has 3 aliphatic rings. The summed E-state index contributed by atoms with van der Waals surface area (Å²) in [5.41, 5.74) is -1.50. The van der Waals surface area contributed by atoms with Gasteiger partial charge in [-0.1, -0.05) is 35.4 Å². The van der Waals surface area contributed by atoms with Crippen LogP contribution in [0.4, 0.5) is 0 Å². The zero-order valence-electron chi connectivity index (χ0n) is 53.6. The Labute approximate surface area is 545 Å². The summed E-state index contributed by atoms with van der Waals surface area (Å²) in [5, 5.41) is 94.8. The topological polar surface area (TPSA) is 451 Å². The lowest BCUT2D eigenvalue weighted by Crippen LogP contribution is -2.64. The number of carbonyl (C=O) groups is 8. The van der Waals surface area contributed by atoms with E-state index in [0.717, 1.165) is 17.9 Å². The number of ketones is 3. The number of Topliss-reactive ketones (excluding diaryl/α,β-unsaturated/α-hetero) is 3. The molecule has 532 valence electrons. The molecule has 0 saturated carbocycles. The minimum Gasteiger partial charge on any atom is -0.394 e. The second-order valence-corrected chi connectivity index (χ2v) is 25.6. The molecule has 33 heteroatoms. The first kappa shape index (κ1) is 82.6. The molecule has 0 bridgehead atoms. The minimum absolute atomic E-state index is 0.00611. The van der Waals surface area contributed by atoms with E-state index in [4.69, 9.17) is 47.4 Å². The Kier molecular flexibility index (Phi) is 41.7. The van der Waals surface area contributed by atoms with Gasteiger partial charge in [0.2, 0.25) is 29.5 Å². The third-order valence-corrected chi connectivity index (χ3v) is 17.6. The van der Waals surface area contributed by atoms with Crippen LogP contribution in [0, 0.1) is 5.92 Å². The second-order valence-electron chi connectivity index (χ2n) is 22.9. The summed E-state index contributed by atoms with van der Waals surface area (Å²) in [4.78, 5) is 102. The molecule has 16 unspecified atom stereocenters. The van der Waals surface area contributed by atoms with E-state index in [-0.39, 0.29) is 160 Å². The molecule has 0 aromatic heterocycles. The van der Waals surface area contributed by atoms with E-state index in [0.29, 0.717) is 19.4 Å². The Morgan fingerprint density at radius 1 is 0.446 bits per heavy atom. The summed E-state index contributed by atoms with van der Waals surface area (Å²) in [6.45, 7) is 4.80. The van der Waals surface area contributed by atoms with E-state index >= 15 is 0 Å². The van der Waals surface area contributed by atoms with Gasteiger partial charge in [-0.3, -0.25) is 38.4 Å². The maximum Gasteiger partial charge on any atom is 0.222 e. The SMILES string of the molecule is CCCSSCCOCCC(=O)CCCCC(=O)NC(COCCC(=O)CCCOC1OC(CO)C(O)C(C)C1NC(C)=O)(COCCC(=O)CCCOC1OC(CO)C(O)C(O)C1NC(C)=O)COCCC(=O)NCCOC1OC(CO)C(O)C(O)C1NC(C)=O. The molecule has 0 aliphatic carbocycles. The largest absolute Gasteiger partial charge is 0.394 e. The maximum atomic E-state index is 13.9. The van der Waals surface area contributed by atoms with Crippen LogP contribution in [0.15, 0.2) is 0 Å². The van der Waals surface area contributed by atoms with E-state index in [1.54, 1.807) is 28.5 Å². The lowest BCUT2D eigenvalue weighted by Gasteiger charge is -2.43. The van der Waals surface area contributed by atoms with Crippen LogP contribution >= 0.6 is 21.6 Å². The van der Waals surface area contributed by atoms with Gasteiger partial charge >= 0.3 is 0 Å². The summed E-state index contributed by atoms with van der Waals surface area (Å²) in [6, 6.07) is -3.10. The molecule has 16 atom stereocenters. The summed E-state index contributed by atoms with van der Waals surface area (Å²) in [5.74, 6) is -1.59. The van der Waals surface area contributed by atoms with Gasteiger partial charge in [-0.25, -0.2) is 0 Å². The summed E-state index contributed by atoms with van der Waals surface area (Å²) in [7, 11) is 3.49. The predicted molar refractivity (Wildman–Crippen MR) is 330 cm³/mol. The number of hydrogen-bond acceptors (Lipinski definition) is 28. The van der Waals surface area contributed by atoms with Gasteiger partial charge < -0.3 is 115 Å². The van der Waals surface area contributed by atoms with Gasteiger partial charge in [0.15, 0.2) is 18.9 Å². The quantitative estimate of drug-likeness (QED) is 0.0219. The molecule has 3 aliphatic heterocycles. The van der Waals surface area contributed by atoms with Crippen LogP contribution in [0.3, 0.4) is 0 Å². The molecule has 3 heterocycles. The fourth-order valence-electron chi connectivity index (χ4n) is 9.98. The van der Waals surface area contributed by atoms with E-state index in [2.05, 4.69) is 33.5 Å². The first-order chi connectivity index (χ1) is 44.0. The average Bonchev–Trinajstić information content (AvgIpc) is 1.05. The lowest BCUT2D eigenvalue weighted by atomic mass is 9.89. The highest BCUT2D eigenvalue weighted by Gasteiger charge is 2.47. The molecule has 0 spiro atoms. The van der Waals surface area contributed by atoms with Crippen LogP contribution in [0.5, 0.6) is 0 Å². The van der Waals surface area contributed by atoms with Gasteiger partial charge in [-0.05, 0) is 32.1 Å². The highest BCUT2D eigenvalue weighted by molar-refractivity contribution is 8.76. The Hall–Kier alpha value is -3.66. The maximum absolute atomic E-state index is 13.9. The first-order valence-corrected chi connectivity index (χ1v) is 34.0. The van der Waals surface area contributed by atoms with Crippen molar-refractivity contribution in [2.75, 3.05) is 111 Å². The van der Waals surface area contributed by atoms with Gasteiger partial charge in [0, 0.05) is 96.1 Å². The van der Waals surface area contributed by atoms with Gasteiger partial charge in [-0.15, -0.1) is 0 Å². The number of aliphatic hydroxyl groups excluding tert-OH is 8. The van der Waals surface area contributed by atoms with E-state index in [9.17, 15) is 79.2 Å². The van der Waals surface area contributed by atoms with E-state index < -0.39 is 141 Å². The number of amides is 5. The lowest BCUT2D eigenvalue weighted by molar-refractivity contribution is -0.270. The molecule has 0 radical (unpaired) electrons. The van der Waals surface area contributed by atoms with Gasteiger partial charge in [0.05, 0.1) is 105 Å².